The molecule has 0 aliphatic heterocycles. The standard InChI is InChI=1S/C8H17N.ClH/c1-7(9)6-8-4-2-3-5-8;/h7-8H,2-6,9H2,1H3;1H. The van der Waals surface area contributed by atoms with E-state index in [9.17, 15) is 0 Å². The number of nitrogens with two attached hydrogens (primary N) is 1. The lowest BCUT2D eigenvalue weighted by Crippen LogP contribution is -2.18. The first-order valence-electron chi connectivity index (χ1n) is 4.04. The van der Waals surface area contributed by atoms with Crippen molar-refractivity contribution in [1.82, 2.24) is 0 Å². The summed E-state index contributed by atoms with van der Waals surface area (Å²) in [5.41, 5.74) is 5.67. The van der Waals surface area contributed by atoms with Crippen LogP contribution in [0.25, 0.3) is 0 Å². The molecule has 0 aromatic carbocycles. The summed E-state index contributed by atoms with van der Waals surface area (Å²) in [6.07, 6.45) is 7.00. The second-order valence-corrected chi connectivity index (χ2v) is 3.36. The lowest BCUT2D eigenvalue weighted by Gasteiger charge is -2.10. The van der Waals surface area contributed by atoms with Crippen molar-refractivity contribution in [2.75, 3.05) is 0 Å². The maximum Gasteiger partial charge on any atom is 0.00131 e. The predicted octanol–water partition coefficient (Wildman–Crippen LogP) is 2.34. The lowest BCUT2D eigenvalue weighted by molar-refractivity contribution is 0.459. The molecule has 0 saturated heterocycles. The van der Waals surface area contributed by atoms with Crippen LogP contribution in [0.3, 0.4) is 0 Å². The fourth-order valence-electron chi connectivity index (χ4n) is 1.77. The molecule has 1 atom stereocenters. The molecule has 0 amide bonds. The van der Waals surface area contributed by atoms with Gasteiger partial charge in [-0.15, -0.1) is 12.4 Å². The Labute approximate surface area is 69.8 Å². The van der Waals surface area contributed by atoms with Gasteiger partial charge in [0.25, 0.3) is 0 Å². The second-order valence-electron chi connectivity index (χ2n) is 3.36. The third-order valence-electron chi connectivity index (χ3n) is 2.18. The highest BCUT2D eigenvalue weighted by Crippen LogP contribution is 2.27. The average Bonchev–Trinajstić information content (AvgIpc) is 2.15. The largest absolute Gasteiger partial charge is 0.328 e. The van der Waals surface area contributed by atoms with Crippen molar-refractivity contribution in [2.24, 2.45) is 11.7 Å². The van der Waals surface area contributed by atoms with E-state index in [0.29, 0.717) is 6.04 Å². The highest BCUT2D eigenvalue weighted by atomic mass is 35.5. The number of halogens is 1. The summed E-state index contributed by atoms with van der Waals surface area (Å²) in [6.45, 7) is 2.11. The van der Waals surface area contributed by atoms with E-state index in [4.69, 9.17) is 5.73 Å². The summed E-state index contributed by atoms with van der Waals surface area (Å²) in [5, 5.41) is 0. The normalized spacial score (nSPS) is 22.2. The van der Waals surface area contributed by atoms with Crippen molar-refractivity contribution >= 4 is 12.4 Å². The van der Waals surface area contributed by atoms with Crippen LogP contribution in [0, 0.1) is 5.92 Å². The van der Waals surface area contributed by atoms with Crippen LogP contribution < -0.4 is 5.73 Å². The molecular weight excluding hydrogens is 146 g/mol. The van der Waals surface area contributed by atoms with E-state index >= 15 is 0 Å². The third-order valence-corrected chi connectivity index (χ3v) is 2.18. The van der Waals surface area contributed by atoms with E-state index in [1.165, 1.54) is 32.1 Å². The van der Waals surface area contributed by atoms with E-state index in [2.05, 4.69) is 6.92 Å². The van der Waals surface area contributed by atoms with Crippen LogP contribution in [0.15, 0.2) is 0 Å². The number of hydrogen-bond donors (Lipinski definition) is 1. The van der Waals surface area contributed by atoms with Crippen LogP contribution in [0.4, 0.5) is 0 Å². The van der Waals surface area contributed by atoms with Gasteiger partial charge in [-0.2, -0.15) is 0 Å². The van der Waals surface area contributed by atoms with Gasteiger partial charge < -0.3 is 5.73 Å². The maximum absolute atomic E-state index is 5.67. The van der Waals surface area contributed by atoms with Gasteiger partial charge in [-0.3, -0.25) is 0 Å². The molecule has 0 bridgehead atoms. The van der Waals surface area contributed by atoms with Gasteiger partial charge in [0.1, 0.15) is 0 Å². The molecular formula is C8H18ClN. The van der Waals surface area contributed by atoms with Crippen LogP contribution in [0.2, 0.25) is 0 Å². The minimum atomic E-state index is 0. The minimum Gasteiger partial charge on any atom is -0.328 e. The Morgan fingerprint density at radius 2 is 1.90 bits per heavy atom. The molecule has 0 spiro atoms. The number of rotatable bonds is 2. The van der Waals surface area contributed by atoms with Gasteiger partial charge in [0.05, 0.1) is 0 Å². The SMILES string of the molecule is CC(N)CC1CCCC1.Cl. The van der Waals surface area contributed by atoms with E-state index in [1.807, 2.05) is 0 Å². The van der Waals surface area contributed by atoms with Crippen molar-refractivity contribution < 1.29 is 0 Å². The highest BCUT2D eigenvalue weighted by Gasteiger charge is 2.15. The van der Waals surface area contributed by atoms with Crippen LogP contribution in [-0.4, -0.2) is 6.04 Å². The van der Waals surface area contributed by atoms with E-state index < -0.39 is 0 Å². The van der Waals surface area contributed by atoms with Crippen molar-refractivity contribution in [3.63, 3.8) is 0 Å². The summed E-state index contributed by atoms with van der Waals surface area (Å²) in [6, 6.07) is 0.424. The molecule has 1 aliphatic carbocycles. The minimum absolute atomic E-state index is 0. The Morgan fingerprint density at radius 1 is 1.40 bits per heavy atom. The molecule has 0 heterocycles. The Bertz CT molecular complexity index is 77.3. The summed E-state index contributed by atoms with van der Waals surface area (Å²) in [7, 11) is 0. The molecule has 1 saturated carbocycles. The zero-order valence-electron chi connectivity index (χ0n) is 6.68. The Hall–Kier alpha value is 0.250. The third kappa shape index (κ3) is 3.43. The zero-order chi connectivity index (χ0) is 6.69. The first kappa shape index (κ1) is 10.2. The second kappa shape index (κ2) is 4.97. The van der Waals surface area contributed by atoms with Crippen molar-refractivity contribution in [3.8, 4) is 0 Å². The van der Waals surface area contributed by atoms with Gasteiger partial charge in [-0.1, -0.05) is 25.7 Å². The molecule has 1 rings (SSSR count). The first-order valence-corrected chi connectivity index (χ1v) is 4.04. The Balaban J connectivity index is 0.000000810. The molecule has 1 aliphatic rings. The summed E-state index contributed by atoms with van der Waals surface area (Å²) < 4.78 is 0. The van der Waals surface area contributed by atoms with Crippen molar-refractivity contribution in [3.05, 3.63) is 0 Å². The monoisotopic (exact) mass is 163 g/mol. The molecule has 0 aromatic heterocycles. The quantitative estimate of drug-likeness (QED) is 0.665. The Kier molecular flexibility index (Phi) is 5.10. The number of hydrogen-bond acceptors (Lipinski definition) is 1. The van der Waals surface area contributed by atoms with Crippen molar-refractivity contribution in [2.45, 2.75) is 45.1 Å². The summed E-state index contributed by atoms with van der Waals surface area (Å²) in [5.74, 6) is 0.963. The average molecular weight is 164 g/mol. The lowest BCUT2D eigenvalue weighted by atomic mass is 10.0. The first-order chi connectivity index (χ1) is 4.29. The van der Waals surface area contributed by atoms with Gasteiger partial charge in [0, 0.05) is 6.04 Å². The van der Waals surface area contributed by atoms with Gasteiger partial charge in [-0.05, 0) is 19.3 Å². The molecule has 0 aromatic rings. The van der Waals surface area contributed by atoms with Crippen LogP contribution in [-0.2, 0) is 0 Å². The predicted molar refractivity (Wildman–Crippen MR) is 47.5 cm³/mol. The smallest absolute Gasteiger partial charge is 0.00131 e. The van der Waals surface area contributed by atoms with E-state index in [0.717, 1.165) is 5.92 Å². The molecule has 2 N–H and O–H groups in total. The fourth-order valence-corrected chi connectivity index (χ4v) is 1.77. The van der Waals surface area contributed by atoms with E-state index in [1.54, 1.807) is 0 Å². The van der Waals surface area contributed by atoms with Crippen molar-refractivity contribution in [1.29, 1.82) is 0 Å². The molecule has 1 nitrogen and oxygen atoms in total. The maximum atomic E-state index is 5.67. The van der Waals surface area contributed by atoms with Gasteiger partial charge in [0.15, 0.2) is 0 Å². The van der Waals surface area contributed by atoms with E-state index in [-0.39, 0.29) is 12.4 Å². The van der Waals surface area contributed by atoms with Crippen LogP contribution in [0.1, 0.15) is 39.0 Å². The molecule has 1 fully saturated rings. The van der Waals surface area contributed by atoms with Crippen LogP contribution >= 0.6 is 12.4 Å². The zero-order valence-corrected chi connectivity index (χ0v) is 7.49. The van der Waals surface area contributed by atoms with Gasteiger partial charge in [-0.25, -0.2) is 0 Å². The van der Waals surface area contributed by atoms with Crippen LogP contribution in [0.5, 0.6) is 0 Å². The molecule has 2 heteroatoms. The summed E-state index contributed by atoms with van der Waals surface area (Å²) >= 11 is 0. The fraction of sp³-hybridized carbons (Fsp3) is 1.00. The van der Waals surface area contributed by atoms with Gasteiger partial charge >= 0.3 is 0 Å². The summed E-state index contributed by atoms with van der Waals surface area (Å²) in [4.78, 5) is 0. The molecule has 0 radical (unpaired) electrons. The van der Waals surface area contributed by atoms with Gasteiger partial charge in [0.2, 0.25) is 0 Å². The molecule has 1 unspecified atom stereocenters. The Morgan fingerprint density at radius 3 is 2.30 bits per heavy atom. The topological polar surface area (TPSA) is 26.0 Å². The molecule has 62 valence electrons. The molecule has 10 heavy (non-hydrogen) atoms. The highest BCUT2D eigenvalue weighted by molar-refractivity contribution is 5.85.